The van der Waals surface area contributed by atoms with E-state index in [0.29, 0.717) is 24.8 Å². The Hall–Kier alpha value is -1.92. The average molecular weight is 288 g/mol. The number of carbonyl (C=O) groups is 1. The number of carbonyl (C=O) groups excluding carboxylic acids is 1. The summed E-state index contributed by atoms with van der Waals surface area (Å²) in [6.45, 7) is 3.10. The maximum Gasteiger partial charge on any atom is 0.255 e. The van der Waals surface area contributed by atoms with E-state index in [1.165, 1.54) is 0 Å². The summed E-state index contributed by atoms with van der Waals surface area (Å²) in [6, 6.07) is 5.66. The normalized spacial score (nSPS) is 16.2. The lowest BCUT2D eigenvalue weighted by molar-refractivity contribution is 0.0343. The van der Waals surface area contributed by atoms with Gasteiger partial charge in [0.05, 0.1) is 30.0 Å². The van der Waals surface area contributed by atoms with E-state index < -0.39 is 0 Å². The molecule has 1 saturated heterocycles. The number of amides is 1. The smallest absolute Gasteiger partial charge is 0.255 e. The lowest BCUT2D eigenvalue weighted by Crippen LogP contribution is -2.34. The first kappa shape index (κ1) is 14.0. The highest BCUT2D eigenvalue weighted by Crippen LogP contribution is 2.09. The van der Waals surface area contributed by atoms with Gasteiger partial charge in [-0.25, -0.2) is 4.52 Å². The minimum Gasteiger partial charge on any atom is -0.376 e. The number of nitrogens with one attached hydrogen (secondary N) is 2. The van der Waals surface area contributed by atoms with Crippen LogP contribution in [0.15, 0.2) is 30.6 Å². The summed E-state index contributed by atoms with van der Waals surface area (Å²) >= 11 is 0. The molecule has 0 aliphatic carbocycles. The highest BCUT2D eigenvalue weighted by molar-refractivity contribution is 6.00. The van der Waals surface area contributed by atoms with E-state index in [4.69, 9.17) is 4.74 Å². The molecule has 0 saturated carbocycles. The molecule has 3 rings (SSSR count). The van der Waals surface area contributed by atoms with E-state index in [9.17, 15) is 4.79 Å². The molecule has 2 N–H and O–H groups in total. The maximum atomic E-state index is 12.1. The number of piperidine rings is 1. The zero-order valence-corrected chi connectivity index (χ0v) is 11.9. The second-order valence-corrected chi connectivity index (χ2v) is 5.16. The van der Waals surface area contributed by atoms with E-state index in [-0.39, 0.29) is 5.91 Å². The van der Waals surface area contributed by atoms with Gasteiger partial charge >= 0.3 is 0 Å². The van der Waals surface area contributed by atoms with Crippen LogP contribution in [0.4, 0.5) is 0 Å². The number of hydrogen-bond donors (Lipinski definition) is 2. The molecule has 112 valence electrons. The highest BCUT2D eigenvalue weighted by Gasteiger charge is 2.14. The summed E-state index contributed by atoms with van der Waals surface area (Å²) in [5.74, 6) is -0.106. The zero-order valence-electron chi connectivity index (χ0n) is 11.9. The van der Waals surface area contributed by atoms with Crippen molar-refractivity contribution in [3.63, 3.8) is 0 Å². The Morgan fingerprint density at radius 2 is 2.29 bits per heavy atom. The van der Waals surface area contributed by atoms with E-state index in [1.807, 2.05) is 24.4 Å². The number of nitrogens with zero attached hydrogens (tertiary/aromatic N) is 2. The van der Waals surface area contributed by atoms with Crippen LogP contribution in [0.3, 0.4) is 0 Å². The molecule has 0 spiro atoms. The maximum absolute atomic E-state index is 12.1. The molecule has 3 heterocycles. The van der Waals surface area contributed by atoms with Crippen LogP contribution in [-0.4, -0.2) is 47.9 Å². The van der Waals surface area contributed by atoms with Crippen molar-refractivity contribution in [2.75, 3.05) is 26.2 Å². The molecule has 21 heavy (non-hydrogen) atoms. The fraction of sp³-hybridized carbons (Fsp3) is 0.467. The van der Waals surface area contributed by atoms with Crippen molar-refractivity contribution in [3.8, 4) is 0 Å². The Bertz CT molecular complexity index is 604. The van der Waals surface area contributed by atoms with E-state index in [2.05, 4.69) is 15.7 Å². The molecule has 0 atom stereocenters. The number of pyridine rings is 1. The van der Waals surface area contributed by atoms with E-state index in [1.54, 1.807) is 10.7 Å². The first-order valence-corrected chi connectivity index (χ1v) is 7.37. The monoisotopic (exact) mass is 288 g/mol. The largest absolute Gasteiger partial charge is 0.376 e. The zero-order chi connectivity index (χ0) is 14.5. The number of fused-ring (bicyclic) bond motifs is 1. The SMILES string of the molecule is O=C(NCCOC1CCNCC1)c1cnn2ccccc12. The van der Waals surface area contributed by atoms with Crippen LogP contribution in [-0.2, 0) is 4.74 Å². The van der Waals surface area contributed by atoms with Gasteiger partial charge < -0.3 is 15.4 Å². The molecule has 0 aromatic carbocycles. The Labute approximate surface area is 123 Å². The van der Waals surface area contributed by atoms with Crippen molar-refractivity contribution in [1.29, 1.82) is 0 Å². The Morgan fingerprint density at radius 3 is 3.14 bits per heavy atom. The van der Waals surface area contributed by atoms with Crippen molar-refractivity contribution < 1.29 is 9.53 Å². The molecular formula is C15H20N4O2. The lowest BCUT2D eigenvalue weighted by Gasteiger charge is -2.22. The second-order valence-electron chi connectivity index (χ2n) is 5.16. The van der Waals surface area contributed by atoms with Crippen molar-refractivity contribution in [2.24, 2.45) is 0 Å². The van der Waals surface area contributed by atoms with E-state index in [0.717, 1.165) is 31.4 Å². The fourth-order valence-corrected chi connectivity index (χ4v) is 2.56. The van der Waals surface area contributed by atoms with Crippen LogP contribution < -0.4 is 10.6 Å². The standard InChI is InChI=1S/C15H20N4O2/c20-15(13-11-18-19-9-2-1-3-14(13)19)17-8-10-21-12-4-6-16-7-5-12/h1-3,9,11-12,16H,4-8,10H2,(H,17,20). The summed E-state index contributed by atoms with van der Waals surface area (Å²) in [5.41, 5.74) is 1.41. The molecule has 1 aliphatic rings. The third kappa shape index (κ3) is 3.40. The molecule has 2 aromatic rings. The molecule has 0 unspecified atom stereocenters. The van der Waals surface area contributed by atoms with Gasteiger partial charge in [-0.15, -0.1) is 0 Å². The van der Waals surface area contributed by atoms with Crippen molar-refractivity contribution >= 4 is 11.4 Å². The van der Waals surface area contributed by atoms with Gasteiger partial charge in [0.2, 0.25) is 0 Å². The molecular weight excluding hydrogens is 268 g/mol. The van der Waals surface area contributed by atoms with Crippen LogP contribution in [0.1, 0.15) is 23.2 Å². The van der Waals surface area contributed by atoms with Gasteiger partial charge in [-0.3, -0.25) is 4.79 Å². The molecule has 6 heteroatoms. The third-order valence-electron chi connectivity index (χ3n) is 3.70. The molecule has 6 nitrogen and oxygen atoms in total. The topological polar surface area (TPSA) is 67.7 Å². The molecule has 0 bridgehead atoms. The summed E-state index contributed by atoms with van der Waals surface area (Å²) in [6.07, 6.45) is 5.83. The molecule has 2 aromatic heterocycles. The highest BCUT2D eigenvalue weighted by atomic mass is 16.5. The van der Waals surface area contributed by atoms with Crippen LogP contribution >= 0.6 is 0 Å². The minimum absolute atomic E-state index is 0.106. The third-order valence-corrected chi connectivity index (χ3v) is 3.70. The predicted molar refractivity (Wildman–Crippen MR) is 79.4 cm³/mol. The predicted octanol–water partition coefficient (Wildman–Crippen LogP) is 0.833. The van der Waals surface area contributed by atoms with Crippen LogP contribution in [0, 0.1) is 0 Å². The quantitative estimate of drug-likeness (QED) is 0.800. The summed E-state index contributed by atoms with van der Waals surface area (Å²) in [5, 5.41) is 10.3. The summed E-state index contributed by atoms with van der Waals surface area (Å²) in [7, 11) is 0. The van der Waals surface area contributed by atoms with Crippen molar-refractivity contribution in [3.05, 3.63) is 36.2 Å². The van der Waals surface area contributed by atoms with Crippen LogP contribution in [0.25, 0.3) is 5.52 Å². The van der Waals surface area contributed by atoms with Gasteiger partial charge in [0.15, 0.2) is 0 Å². The van der Waals surface area contributed by atoms with Crippen molar-refractivity contribution in [2.45, 2.75) is 18.9 Å². The van der Waals surface area contributed by atoms with Crippen LogP contribution in [0.5, 0.6) is 0 Å². The van der Waals surface area contributed by atoms with Gasteiger partial charge in [-0.1, -0.05) is 6.07 Å². The van der Waals surface area contributed by atoms with Gasteiger partial charge in [-0.2, -0.15) is 5.10 Å². The second kappa shape index (κ2) is 6.69. The van der Waals surface area contributed by atoms with Gasteiger partial charge in [0.1, 0.15) is 0 Å². The Balaban J connectivity index is 1.48. The molecule has 1 fully saturated rings. The average Bonchev–Trinajstić information content (AvgIpc) is 2.96. The number of rotatable bonds is 5. The number of hydrogen-bond acceptors (Lipinski definition) is 4. The fourth-order valence-electron chi connectivity index (χ4n) is 2.56. The summed E-state index contributed by atoms with van der Waals surface area (Å²) < 4.78 is 7.46. The van der Waals surface area contributed by atoms with E-state index >= 15 is 0 Å². The minimum atomic E-state index is -0.106. The van der Waals surface area contributed by atoms with Gasteiger partial charge in [0, 0.05) is 12.7 Å². The van der Waals surface area contributed by atoms with Crippen molar-refractivity contribution in [1.82, 2.24) is 20.2 Å². The molecule has 1 aliphatic heterocycles. The first-order chi connectivity index (χ1) is 10.3. The summed E-state index contributed by atoms with van der Waals surface area (Å²) in [4.78, 5) is 12.1. The lowest BCUT2D eigenvalue weighted by atomic mass is 10.1. The van der Waals surface area contributed by atoms with Crippen LogP contribution in [0.2, 0.25) is 0 Å². The molecule has 1 amide bonds. The number of aromatic nitrogens is 2. The van der Waals surface area contributed by atoms with Gasteiger partial charge in [-0.05, 0) is 38.1 Å². The number of ether oxygens (including phenoxy) is 1. The Kier molecular flexibility index (Phi) is 4.47. The van der Waals surface area contributed by atoms with Gasteiger partial charge in [0.25, 0.3) is 5.91 Å². The first-order valence-electron chi connectivity index (χ1n) is 7.37. The molecule has 0 radical (unpaired) electrons. The Morgan fingerprint density at radius 1 is 1.43 bits per heavy atom.